The molecule has 1 aromatic heterocycles. The van der Waals surface area contributed by atoms with Gasteiger partial charge < -0.3 is 20.5 Å². The smallest absolute Gasteiger partial charge is 0.224 e. The average molecular weight is 266 g/mol. The van der Waals surface area contributed by atoms with Gasteiger partial charge in [0.2, 0.25) is 5.95 Å². The van der Waals surface area contributed by atoms with Gasteiger partial charge in [-0.25, -0.2) is 4.98 Å². The van der Waals surface area contributed by atoms with Gasteiger partial charge in [-0.15, -0.1) is 0 Å². The van der Waals surface area contributed by atoms with Crippen LogP contribution in [0.5, 0.6) is 0 Å². The van der Waals surface area contributed by atoms with E-state index in [0.717, 1.165) is 31.1 Å². The SMILES string of the molecule is CC(C)Nc1cc([C@@H]2CCOC2)nc(NCCO)n1. The number of hydrogen-bond donors (Lipinski definition) is 3. The Morgan fingerprint density at radius 3 is 2.95 bits per heavy atom. The van der Waals surface area contributed by atoms with E-state index in [-0.39, 0.29) is 6.61 Å². The van der Waals surface area contributed by atoms with Crippen LogP contribution in [0.2, 0.25) is 0 Å². The Morgan fingerprint density at radius 1 is 1.47 bits per heavy atom. The Labute approximate surface area is 113 Å². The lowest BCUT2D eigenvalue weighted by Crippen LogP contribution is -2.16. The van der Waals surface area contributed by atoms with Crippen LogP contribution >= 0.6 is 0 Å². The molecule has 0 amide bonds. The molecule has 0 aliphatic carbocycles. The number of rotatable bonds is 6. The van der Waals surface area contributed by atoms with Crippen LogP contribution < -0.4 is 10.6 Å². The number of nitrogens with zero attached hydrogens (tertiary/aromatic N) is 2. The molecule has 0 unspecified atom stereocenters. The summed E-state index contributed by atoms with van der Waals surface area (Å²) in [7, 11) is 0. The molecule has 1 atom stereocenters. The fraction of sp³-hybridized carbons (Fsp3) is 0.692. The summed E-state index contributed by atoms with van der Waals surface area (Å²) in [6.45, 7) is 6.17. The molecule has 0 saturated carbocycles. The molecule has 3 N–H and O–H groups in total. The van der Waals surface area contributed by atoms with Crippen molar-refractivity contribution in [2.75, 3.05) is 37.0 Å². The summed E-state index contributed by atoms with van der Waals surface area (Å²) in [6, 6.07) is 2.30. The molecule has 0 aromatic carbocycles. The summed E-state index contributed by atoms with van der Waals surface area (Å²) in [4.78, 5) is 8.90. The highest BCUT2D eigenvalue weighted by Crippen LogP contribution is 2.26. The maximum absolute atomic E-state index is 8.87. The Kier molecular flexibility index (Phi) is 4.93. The minimum Gasteiger partial charge on any atom is -0.395 e. The van der Waals surface area contributed by atoms with Crippen molar-refractivity contribution < 1.29 is 9.84 Å². The molecule has 1 aliphatic heterocycles. The number of aliphatic hydroxyl groups is 1. The summed E-state index contributed by atoms with van der Waals surface area (Å²) in [5.74, 6) is 1.71. The third kappa shape index (κ3) is 4.04. The Hall–Kier alpha value is -1.40. The lowest BCUT2D eigenvalue weighted by Gasteiger charge is -2.15. The van der Waals surface area contributed by atoms with Gasteiger partial charge in [-0.1, -0.05) is 0 Å². The molecule has 0 radical (unpaired) electrons. The zero-order valence-corrected chi connectivity index (χ0v) is 11.5. The summed E-state index contributed by atoms with van der Waals surface area (Å²) in [5, 5.41) is 15.2. The van der Waals surface area contributed by atoms with Gasteiger partial charge in [0.05, 0.1) is 18.9 Å². The molecular formula is C13H22N4O2. The van der Waals surface area contributed by atoms with E-state index in [2.05, 4.69) is 34.4 Å². The first kappa shape index (κ1) is 14.0. The minimum absolute atomic E-state index is 0.0626. The Balaban J connectivity index is 2.19. The van der Waals surface area contributed by atoms with Gasteiger partial charge in [0.25, 0.3) is 0 Å². The van der Waals surface area contributed by atoms with Crippen LogP contribution in [0.4, 0.5) is 11.8 Å². The first-order chi connectivity index (χ1) is 9.19. The van der Waals surface area contributed by atoms with E-state index < -0.39 is 0 Å². The highest BCUT2D eigenvalue weighted by molar-refractivity contribution is 5.44. The van der Waals surface area contributed by atoms with E-state index in [4.69, 9.17) is 9.84 Å². The van der Waals surface area contributed by atoms with E-state index in [1.54, 1.807) is 0 Å². The molecule has 1 saturated heterocycles. The molecule has 106 valence electrons. The second-order valence-corrected chi connectivity index (χ2v) is 5.01. The van der Waals surface area contributed by atoms with Crippen LogP contribution in [0.3, 0.4) is 0 Å². The zero-order valence-electron chi connectivity index (χ0n) is 11.5. The molecule has 19 heavy (non-hydrogen) atoms. The van der Waals surface area contributed by atoms with Crippen LogP contribution in [0.1, 0.15) is 31.9 Å². The van der Waals surface area contributed by atoms with Crippen molar-refractivity contribution in [3.8, 4) is 0 Å². The molecule has 0 bridgehead atoms. The van der Waals surface area contributed by atoms with Gasteiger partial charge >= 0.3 is 0 Å². The Bertz CT molecular complexity index is 406. The van der Waals surface area contributed by atoms with E-state index in [0.29, 0.717) is 24.5 Å². The zero-order chi connectivity index (χ0) is 13.7. The highest BCUT2D eigenvalue weighted by atomic mass is 16.5. The molecule has 2 heterocycles. The molecule has 2 rings (SSSR count). The molecule has 1 aromatic rings. The molecule has 1 aliphatic rings. The van der Waals surface area contributed by atoms with Gasteiger partial charge in [-0.3, -0.25) is 0 Å². The summed E-state index contributed by atoms with van der Waals surface area (Å²) < 4.78 is 5.41. The topological polar surface area (TPSA) is 79.3 Å². The standard InChI is InChI=1S/C13H22N4O2/c1-9(2)15-12-7-11(10-3-6-19-8-10)16-13(17-12)14-4-5-18/h7,9-10,18H,3-6,8H2,1-2H3,(H2,14,15,16,17)/t10-/m1/s1. The van der Waals surface area contributed by atoms with Crippen LogP contribution in [0.15, 0.2) is 6.07 Å². The number of anilines is 2. The number of aliphatic hydroxyl groups excluding tert-OH is 1. The molecule has 6 nitrogen and oxygen atoms in total. The minimum atomic E-state index is 0.0626. The predicted octanol–water partition coefficient (Wildman–Crippen LogP) is 1.20. The van der Waals surface area contributed by atoms with Crippen molar-refractivity contribution in [2.24, 2.45) is 0 Å². The van der Waals surface area contributed by atoms with Crippen molar-refractivity contribution in [1.82, 2.24) is 9.97 Å². The normalized spacial score (nSPS) is 18.8. The maximum atomic E-state index is 8.87. The van der Waals surface area contributed by atoms with Crippen LogP contribution in [-0.2, 0) is 4.74 Å². The summed E-state index contributed by atoms with van der Waals surface area (Å²) in [6.07, 6.45) is 0.998. The Morgan fingerprint density at radius 2 is 2.32 bits per heavy atom. The second-order valence-electron chi connectivity index (χ2n) is 5.01. The fourth-order valence-corrected chi connectivity index (χ4v) is 2.06. The summed E-state index contributed by atoms with van der Waals surface area (Å²) in [5.41, 5.74) is 0.996. The van der Waals surface area contributed by atoms with Gasteiger partial charge in [0.1, 0.15) is 5.82 Å². The van der Waals surface area contributed by atoms with E-state index in [9.17, 15) is 0 Å². The van der Waals surface area contributed by atoms with E-state index in [1.165, 1.54) is 0 Å². The van der Waals surface area contributed by atoms with Crippen molar-refractivity contribution in [1.29, 1.82) is 0 Å². The number of nitrogens with one attached hydrogen (secondary N) is 2. The van der Waals surface area contributed by atoms with Crippen molar-refractivity contribution in [3.63, 3.8) is 0 Å². The number of hydrogen-bond acceptors (Lipinski definition) is 6. The molecule has 0 spiro atoms. The largest absolute Gasteiger partial charge is 0.395 e. The van der Waals surface area contributed by atoms with Gasteiger partial charge in [0, 0.05) is 31.2 Å². The van der Waals surface area contributed by atoms with Gasteiger partial charge in [-0.05, 0) is 20.3 Å². The van der Waals surface area contributed by atoms with Crippen LogP contribution in [0.25, 0.3) is 0 Å². The van der Waals surface area contributed by atoms with Gasteiger partial charge in [0.15, 0.2) is 0 Å². The molecular weight excluding hydrogens is 244 g/mol. The third-order valence-electron chi connectivity index (χ3n) is 2.93. The van der Waals surface area contributed by atoms with Crippen LogP contribution in [-0.4, -0.2) is 47.5 Å². The predicted molar refractivity (Wildman–Crippen MR) is 74.5 cm³/mol. The molecule has 1 fully saturated rings. The lowest BCUT2D eigenvalue weighted by molar-refractivity contribution is 0.193. The second kappa shape index (κ2) is 6.68. The van der Waals surface area contributed by atoms with Crippen molar-refractivity contribution in [2.45, 2.75) is 32.2 Å². The monoisotopic (exact) mass is 266 g/mol. The third-order valence-corrected chi connectivity index (χ3v) is 2.93. The maximum Gasteiger partial charge on any atom is 0.224 e. The summed E-state index contributed by atoms with van der Waals surface area (Å²) >= 11 is 0. The van der Waals surface area contributed by atoms with E-state index >= 15 is 0 Å². The first-order valence-corrected chi connectivity index (χ1v) is 6.77. The number of ether oxygens (including phenoxy) is 1. The average Bonchev–Trinajstić information content (AvgIpc) is 2.89. The van der Waals surface area contributed by atoms with E-state index in [1.807, 2.05) is 6.07 Å². The first-order valence-electron chi connectivity index (χ1n) is 6.77. The quantitative estimate of drug-likeness (QED) is 0.718. The van der Waals surface area contributed by atoms with Crippen molar-refractivity contribution in [3.05, 3.63) is 11.8 Å². The number of aromatic nitrogens is 2. The molecule has 6 heteroatoms. The van der Waals surface area contributed by atoms with Gasteiger partial charge in [-0.2, -0.15) is 4.98 Å². The lowest BCUT2D eigenvalue weighted by atomic mass is 10.0. The highest BCUT2D eigenvalue weighted by Gasteiger charge is 2.20. The van der Waals surface area contributed by atoms with Crippen molar-refractivity contribution >= 4 is 11.8 Å². The van der Waals surface area contributed by atoms with Crippen LogP contribution in [0, 0.1) is 0 Å². The fourth-order valence-electron chi connectivity index (χ4n) is 2.06.